The van der Waals surface area contributed by atoms with Crippen LogP contribution in [0.4, 0.5) is 27.7 Å². The van der Waals surface area contributed by atoms with E-state index in [2.05, 4.69) is 20.9 Å². The summed E-state index contributed by atoms with van der Waals surface area (Å²) in [6.07, 6.45) is 1.60. The Morgan fingerprint density at radius 3 is 2.16 bits per heavy atom. The molecule has 0 fully saturated rings. The van der Waals surface area contributed by atoms with Crippen molar-refractivity contribution in [1.29, 1.82) is 0 Å². The van der Waals surface area contributed by atoms with Gasteiger partial charge in [0.25, 0.3) is 0 Å². The van der Waals surface area contributed by atoms with Crippen molar-refractivity contribution in [3.63, 3.8) is 0 Å². The number of nitrogens with one attached hydrogen (secondary N) is 3. The fourth-order valence-electron chi connectivity index (χ4n) is 2.13. The number of halogens is 2. The molecule has 0 unspecified atom stereocenters. The molecule has 0 spiro atoms. The average molecular weight is 373 g/mol. The molecule has 0 bridgehead atoms. The second kappa shape index (κ2) is 7.88. The van der Waals surface area contributed by atoms with E-state index in [4.69, 9.17) is 23.2 Å². The number of carbonyl (C=O) groups excluding carboxylic acids is 1. The molecule has 3 rings (SSSR count). The number of anilines is 4. The van der Waals surface area contributed by atoms with E-state index < -0.39 is 0 Å². The van der Waals surface area contributed by atoms with Gasteiger partial charge in [0.1, 0.15) is 5.82 Å². The number of para-hydroxylation sites is 1. The number of amides is 2. The topological polar surface area (TPSA) is 66.1 Å². The lowest BCUT2D eigenvalue weighted by molar-refractivity contribution is 0.262. The molecule has 7 heteroatoms. The van der Waals surface area contributed by atoms with Gasteiger partial charge in [-0.1, -0.05) is 41.4 Å². The number of nitrogens with zero attached hydrogens (tertiary/aromatic N) is 1. The van der Waals surface area contributed by atoms with Crippen molar-refractivity contribution in [1.82, 2.24) is 4.98 Å². The molecule has 3 N–H and O–H groups in total. The lowest BCUT2D eigenvalue weighted by atomic mass is 10.3. The smallest absolute Gasteiger partial charge is 0.324 e. The SMILES string of the molecule is O=C(Nc1ccccc1)Nc1ccc(Nc2cc(Cl)cc(Cl)c2)cn1. The first-order chi connectivity index (χ1) is 12.1. The Bertz CT molecular complexity index is 850. The van der Waals surface area contributed by atoms with Gasteiger partial charge in [-0.25, -0.2) is 9.78 Å². The second-order valence-corrected chi connectivity index (χ2v) is 6.03. The molecular weight excluding hydrogens is 359 g/mol. The van der Waals surface area contributed by atoms with Crippen LogP contribution in [0.5, 0.6) is 0 Å². The van der Waals surface area contributed by atoms with Crippen molar-refractivity contribution in [2.75, 3.05) is 16.0 Å². The first-order valence-corrected chi connectivity index (χ1v) is 8.16. The Balaban J connectivity index is 1.61. The molecule has 0 aliphatic carbocycles. The van der Waals surface area contributed by atoms with Gasteiger partial charge in [0.2, 0.25) is 0 Å². The fraction of sp³-hybridized carbons (Fsp3) is 0. The number of aromatic nitrogens is 1. The van der Waals surface area contributed by atoms with E-state index >= 15 is 0 Å². The van der Waals surface area contributed by atoms with Gasteiger partial charge in [-0.15, -0.1) is 0 Å². The van der Waals surface area contributed by atoms with Crippen molar-refractivity contribution in [2.45, 2.75) is 0 Å². The maximum atomic E-state index is 11.9. The van der Waals surface area contributed by atoms with Crippen LogP contribution in [0.25, 0.3) is 0 Å². The van der Waals surface area contributed by atoms with E-state index in [9.17, 15) is 4.79 Å². The molecule has 25 heavy (non-hydrogen) atoms. The molecule has 5 nitrogen and oxygen atoms in total. The summed E-state index contributed by atoms with van der Waals surface area (Å²) in [4.78, 5) is 16.1. The van der Waals surface area contributed by atoms with E-state index in [1.54, 1.807) is 48.7 Å². The predicted molar refractivity (Wildman–Crippen MR) is 103 cm³/mol. The second-order valence-electron chi connectivity index (χ2n) is 5.16. The van der Waals surface area contributed by atoms with Gasteiger partial charge in [-0.2, -0.15) is 0 Å². The summed E-state index contributed by atoms with van der Waals surface area (Å²) in [6.45, 7) is 0. The predicted octanol–water partition coefficient (Wildman–Crippen LogP) is 5.78. The van der Waals surface area contributed by atoms with Gasteiger partial charge in [-0.05, 0) is 42.5 Å². The van der Waals surface area contributed by atoms with Crippen LogP contribution >= 0.6 is 23.2 Å². The largest absolute Gasteiger partial charge is 0.354 e. The van der Waals surface area contributed by atoms with Crippen LogP contribution in [-0.2, 0) is 0 Å². The summed E-state index contributed by atoms with van der Waals surface area (Å²) in [5.74, 6) is 0.433. The van der Waals surface area contributed by atoms with Crippen molar-refractivity contribution in [2.24, 2.45) is 0 Å². The highest BCUT2D eigenvalue weighted by atomic mass is 35.5. The number of hydrogen-bond donors (Lipinski definition) is 3. The molecule has 0 saturated heterocycles. The molecule has 0 aliphatic rings. The Morgan fingerprint density at radius 2 is 1.52 bits per heavy atom. The van der Waals surface area contributed by atoms with Crippen LogP contribution in [0.2, 0.25) is 10.0 Å². The number of hydrogen-bond acceptors (Lipinski definition) is 3. The molecule has 2 amide bonds. The zero-order valence-electron chi connectivity index (χ0n) is 13.0. The van der Waals surface area contributed by atoms with Crippen molar-refractivity contribution in [3.8, 4) is 0 Å². The van der Waals surface area contributed by atoms with Gasteiger partial charge in [0, 0.05) is 21.4 Å². The highest BCUT2D eigenvalue weighted by molar-refractivity contribution is 6.35. The molecular formula is C18H14Cl2N4O. The first kappa shape index (κ1) is 17.1. The fourth-order valence-corrected chi connectivity index (χ4v) is 2.66. The monoisotopic (exact) mass is 372 g/mol. The highest BCUT2D eigenvalue weighted by Crippen LogP contribution is 2.25. The number of rotatable bonds is 4. The molecule has 0 aliphatic heterocycles. The quantitative estimate of drug-likeness (QED) is 0.543. The maximum absolute atomic E-state index is 11.9. The van der Waals surface area contributed by atoms with Crippen LogP contribution in [0.1, 0.15) is 0 Å². The van der Waals surface area contributed by atoms with Crippen LogP contribution in [0, 0.1) is 0 Å². The molecule has 1 aromatic heterocycles. The van der Waals surface area contributed by atoms with Crippen molar-refractivity contribution < 1.29 is 4.79 Å². The number of benzene rings is 2. The van der Waals surface area contributed by atoms with Gasteiger partial charge in [-0.3, -0.25) is 5.32 Å². The van der Waals surface area contributed by atoms with E-state index in [0.29, 0.717) is 21.6 Å². The molecule has 126 valence electrons. The lowest BCUT2D eigenvalue weighted by Gasteiger charge is -2.09. The zero-order chi connectivity index (χ0) is 17.6. The Morgan fingerprint density at radius 1 is 0.800 bits per heavy atom. The third-order valence-corrected chi connectivity index (χ3v) is 3.62. The minimum Gasteiger partial charge on any atom is -0.354 e. The third kappa shape index (κ3) is 5.11. The van der Waals surface area contributed by atoms with Crippen LogP contribution in [0.3, 0.4) is 0 Å². The lowest BCUT2D eigenvalue weighted by Crippen LogP contribution is -2.19. The minimum absolute atomic E-state index is 0.360. The van der Waals surface area contributed by atoms with E-state index in [0.717, 1.165) is 11.4 Å². The third-order valence-electron chi connectivity index (χ3n) is 3.19. The van der Waals surface area contributed by atoms with Crippen molar-refractivity contribution in [3.05, 3.63) is 76.9 Å². The molecule has 0 atom stereocenters. The summed E-state index contributed by atoms with van der Waals surface area (Å²) >= 11 is 11.9. The van der Waals surface area contributed by atoms with Crippen molar-refractivity contribution >= 4 is 52.1 Å². The molecule has 1 heterocycles. The van der Waals surface area contributed by atoms with E-state index in [1.165, 1.54) is 0 Å². The number of carbonyl (C=O) groups is 1. The summed E-state index contributed by atoms with van der Waals surface area (Å²) in [5.41, 5.74) is 2.20. The van der Waals surface area contributed by atoms with Gasteiger partial charge in [0.05, 0.1) is 11.9 Å². The molecule has 2 aromatic carbocycles. The van der Waals surface area contributed by atoms with E-state index in [1.807, 2.05) is 18.2 Å². The van der Waals surface area contributed by atoms with E-state index in [-0.39, 0.29) is 6.03 Å². The summed E-state index contributed by atoms with van der Waals surface area (Å²) in [7, 11) is 0. The van der Waals surface area contributed by atoms with Gasteiger partial charge in [0.15, 0.2) is 0 Å². The standard InChI is InChI=1S/C18H14Cl2N4O/c19-12-8-13(20)10-16(9-12)22-15-6-7-17(21-11-15)24-18(25)23-14-4-2-1-3-5-14/h1-11,22H,(H2,21,23,24,25). The summed E-state index contributed by atoms with van der Waals surface area (Å²) < 4.78 is 0. The average Bonchev–Trinajstić information content (AvgIpc) is 2.56. The zero-order valence-corrected chi connectivity index (χ0v) is 14.5. The Hall–Kier alpha value is -2.76. The summed E-state index contributed by atoms with van der Waals surface area (Å²) in [5, 5.41) is 9.62. The van der Waals surface area contributed by atoms with Crippen LogP contribution in [0.15, 0.2) is 66.9 Å². The van der Waals surface area contributed by atoms with Crippen LogP contribution in [-0.4, -0.2) is 11.0 Å². The Labute approximate surface area is 155 Å². The summed E-state index contributed by atoms with van der Waals surface area (Å²) in [6, 6.07) is 17.5. The molecule has 3 aromatic rings. The maximum Gasteiger partial charge on any atom is 0.324 e. The molecule has 0 saturated carbocycles. The molecule has 0 radical (unpaired) electrons. The normalized spacial score (nSPS) is 10.2. The van der Waals surface area contributed by atoms with Gasteiger partial charge >= 0.3 is 6.03 Å². The Kier molecular flexibility index (Phi) is 5.38. The number of urea groups is 1. The minimum atomic E-state index is -0.360. The van der Waals surface area contributed by atoms with Gasteiger partial charge < -0.3 is 10.6 Å². The first-order valence-electron chi connectivity index (χ1n) is 7.41. The van der Waals surface area contributed by atoms with Crippen LogP contribution < -0.4 is 16.0 Å². The highest BCUT2D eigenvalue weighted by Gasteiger charge is 2.04. The number of pyridine rings is 1.